The van der Waals surface area contributed by atoms with E-state index in [1.807, 2.05) is 44.2 Å². The zero-order valence-corrected chi connectivity index (χ0v) is 17.5. The van der Waals surface area contributed by atoms with E-state index in [1.165, 1.54) is 11.6 Å². The molecule has 1 aliphatic rings. The monoisotopic (exact) mass is 414 g/mol. The molecule has 0 bridgehead atoms. The van der Waals surface area contributed by atoms with Crippen LogP contribution in [0.5, 0.6) is 0 Å². The van der Waals surface area contributed by atoms with Gasteiger partial charge < -0.3 is 5.32 Å². The summed E-state index contributed by atoms with van der Waals surface area (Å²) >= 11 is 0. The lowest BCUT2D eigenvalue weighted by atomic mass is 10.1. The Morgan fingerprint density at radius 2 is 1.83 bits per heavy atom. The van der Waals surface area contributed by atoms with Crippen molar-refractivity contribution in [1.29, 1.82) is 0 Å². The second-order valence-electron chi connectivity index (χ2n) is 7.38. The van der Waals surface area contributed by atoms with Crippen molar-refractivity contribution in [3.8, 4) is 0 Å². The van der Waals surface area contributed by atoms with Crippen LogP contribution in [-0.2, 0) is 26.0 Å². The fourth-order valence-corrected chi connectivity index (χ4v) is 5.14. The van der Waals surface area contributed by atoms with Crippen LogP contribution in [-0.4, -0.2) is 37.1 Å². The SMILES string of the molecule is Cc1ccc(S(=O)(=O)N2C(=O)CCC2C(=O)NCCCc2ccccc2)cc1C. The highest BCUT2D eigenvalue weighted by Crippen LogP contribution is 2.28. The molecule has 6 nitrogen and oxygen atoms in total. The van der Waals surface area contributed by atoms with Crippen molar-refractivity contribution in [1.82, 2.24) is 9.62 Å². The number of aryl methyl sites for hydroxylation is 3. The van der Waals surface area contributed by atoms with Gasteiger partial charge in [-0.3, -0.25) is 9.59 Å². The summed E-state index contributed by atoms with van der Waals surface area (Å²) in [7, 11) is -4.07. The fourth-order valence-electron chi connectivity index (χ4n) is 3.46. The number of carbonyl (C=O) groups is 2. The molecule has 2 amide bonds. The first-order chi connectivity index (χ1) is 13.8. The molecule has 154 valence electrons. The smallest absolute Gasteiger partial charge is 0.267 e. The van der Waals surface area contributed by atoms with Gasteiger partial charge >= 0.3 is 0 Å². The minimum atomic E-state index is -4.07. The van der Waals surface area contributed by atoms with E-state index in [-0.39, 0.29) is 17.7 Å². The molecule has 0 radical (unpaired) electrons. The molecule has 1 heterocycles. The van der Waals surface area contributed by atoms with Crippen molar-refractivity contribution in [3.05, 3.63) is 65.2 Å². The maximum atomic E-state index is 13.1. The molecule has 7 heteroatoms. The van der Waals surface area contributed by atoms with E-state index < -0.39 is 27.9 Å². The summed E-state index contributed by atoms with van der Waals surface area (Å²) in [6.07, 6.45) is 1.80. The number of benzene rings is 2. The van der Waals surface area contributed by atoms with E-state index in [9.17, 15) is 18.0 Å². The van der Waals surface area contributed by atoms with E-state index >= 15 is 0 Å². The summed E-state index contributed by atoms with van der Waals surface area (Å²) in [5.41, 5.74) is 2.96. The van der Waals surface area contributed by atoms with Gasteiger partial charge in [0.1, 0.15) is 6.04 Å². The van der Waals surface area contributed by atoms with Crippen molar-refractivity contribution < 1.29 is 18.0 Å². The summed E-state index contributed by atoms with van der Waals surface area (Å²) in [4.78, 5) is 25.0. The Hall–Kier alpha value is -2.67. The van der Waals surface area contributed by atoms with Crippen LogP contribution in [0.2, 0.25) is 0 Å². The van der Waals surface area contributed by atoms with Crippen LogP contribution < -0.4 is 5.32 Å². The van der Waals surface area contributed by atoms with Gasteiger partial charge in [0.25, 0.3) is 10.0 Å². The van der Waals surface area contributed by atoms with E-state index in [2.05, 4.69) is 5.32 Å². The van der Waals surface area contributed by atoms with Gasteiger partial charge in [0, 0.05) is 13.0 Å². The van der Waals surface area contributed by atoms with Gasteiger partial charge in [-0.15, -0.1) is 0 Å². The summed E-state index contributed by atoms with van der Waals surface area (Å²) in [6.45, 7) is 4.13. The van der Waals surface area contributed by atoms with E-state index in [1.54, 1.807) is 12.1 Å². The Labute approximate surface area is 172 Å². The largest absolute Gasteiger partial charge is 0.354 e. The molecule has 1 saturated heterocycles. The summed E-state index contributed by atoms with van der Waals surface area (Å²) in [6, 6.07) is 13.7. The van der Waals surface area contributed by atoms with Crippen LogP contribution in [0.1, 0.15) is 36.0 Å². The van der Waals surface area contributed by atoms with Crippen LogP contribution in [0.25, 0.3) is 0 Å². The van der Waals surface area contributed by atoms with E-state index in [0.717, 1.165) is 28.3 Å². The Morgan fingerprint density at radius 1 is 1.10 bits per heavy atom. The van der Waals surface area contributed by atoms with Gasteiger partial charge in [0.15, 0.2) is 0 Å². The van der Waals surface area contributed by atoms with Crippen LogP contribution in [0, 0.1) is 13.8 Å². The molecule has 1 atom stereocenters. The van der Waals surface area contributed by atoms with Crippen molar-refractivity contribution >= 4 is 21.8 Å². The van der Waals surface area contributed by atoms with Gasteiger partial charge in [-0.05, 0) is 61.9 Å². The lowest BCUT2D eigenvalue weighted by Gasteiger charge is -2.24. The molecule has 0 aromatic heterocycles. The second-order valence-corrected chi connectivity index (χ2v) is 9.19. The van der Waals surface area contributed by atoms with Crippen LogP contribution >= 0.6 is 0 Å². The minimum absolute atomic E-state index is 0.0396. The molecule has 3 rings (SSSR count). The minimum Gasteiger partial charge on any atom is -0.354 e. The van der Waals surface area contributed by atoms with Gasteiger partial charge in [-0.25, -0.2) is 12.7 Å². The number of sulfonamides is 1. The lowest BCUT2D eigenvalue weighted by molar-refractivity contribution is -0.130. The summed E-state index contributed by atoms with van der Waals surface area (Å²) < 4.78 is 26.9. The molecular weight excluding hydrogens is 388 g/mol. The number of carbonyl (C=O) groups excluding carboxylic acids is 2. The molecule has 0 spiro atoms. The number of amides is 2. The Kier molecular flexibility index (Phi) is 6.37. The molecule has 1 unspecified atom stereocenters. The maximum absolute atomic E-state index is 13.1. The van der Waals surface area contributed by atoms with Gasteiger partial charge in [0.05, 0.1) is 4.90 Å². The molecule has 2 aromatic carbocycles. The number of nitrogens with one attached hydrogen (secondary N) is 1. The third-order valence-electron chi connectivity index (χ3n) is 5.28. The van der Waals surface area contributed by atoms with Gasteiger partial charge in [0.2, 0.25) is 11.8 Å². The topological polar surface area (TPSA) is 83.6 Å². The van der Waals surface area contributed by atoms with Crippen molar-refractivity contribution in [2.24, 2.45) is 0 Å². The number of rotatable bonds is 7. The predicted molar refractivity (Wildman–Crippen MR) is 111 cm³/mol. The predicted octanol–water partition coefficient (Wildman–Crippen LogP) is 2.73. The van der Waals surface area contributed by atoms with Crippen molar-refractivity contribution in [3.63, 3.8) is 0 Å². The molecule has 29 heavy (non-hydrogen) atoms. The molecular formula is C22H26N2O4S. The Bertz CT molecular complexity index is 1000. The van der Waals surface area contributed by atoms with Crippen molar-refractivity contribution in [2.45, 2.75) is 50.5 Å². The molecule has 2 aromatic rings. The summed E-state index contributed by atoms with van der Waals surface area (Å²) in [5, 5.41) is 2.79. The molecule has 0 aliphatic carbocycles. The third-order valence-corrected chi connectivity index (χ3v) is 7.11. The first-order valence-electron chi connectivity index (χ1n) is 9.77. The molecule has 1 N–H and O–H groups in total. The quantitative estimate of drug-likeness (QED) is 0.706. The van der Waals surface area contributed by atoms with E-state index in [0.29, 0.717) is 6.54 Å². The highest BCUT2D eigenvalue weighted by molar-refractivity contribution is 7.89. The number of nitrogens with zero attached hydrogens (tertiary/aromatic N) is 1. The molecule has 1 fully saturated rings. The normalized spacial score (nSPS) is 16.8. The highest BCUT2D eigenvalue weighted by atomic mass is 32.2. The van der Waals surface area contributed by atoms with Crippen LogP contribution in [0.15, 0.2) is 53.4 Å². The lowest BCUT2D eigenvalue weighted by Crippen LogP contribution is -2.47. The average Bonchev–Trinajstić information content (AvgIpc) is 3.10. The van der Waals surface area contributed by atoms with Gasteiger partial charge in [-0.1, -0.05) is 36.4 Å². The van der Waals surface area contributed by atoms with Gasteiger partial charge in [-0.2, -0.15) is 0 Å². The van der Waals surface area contributed by atoms with Crippen LogP contribution in [0.4, 0.5) is 0 Å². The first kappa shape index (κ1) is 21.0. The Morgan fingerprint density at radius 3 is 2.52 bits per heavy atom. The Balaban J connectivity index is 1.67. The van der Waals surface area contributed by atoms with E-state index in [4.69, 9.17) is 0 Å². The molecule has 0 saturated carbocycles. The van der Waals surface area contributed by atoms with Crippen LogP contribution in [0.3, 0.4) is 0 Å². The maximum Gasteiger partial charge on any atom is 0.267 e. The third kappa shape index (κ3) is 4.67. The first-order valence-corrected chi connectivity index (χ1v) is 11.2. The standard InChI is InChI=1S/C22H26N2O4S/c1-16-10-11-19(15-17(16)2)29(27,28)24-20(12-13-21(24)25)22(26)23-14-6-9-18-7-4-3-5-8-18/h3-5,7-8,10-11,15,20H,6,9,12-14H2,1-2H3,(H,23,26). The number of hydrogen-bond acceptors (Lipinski definition) is 4. The zero-order chi connectivity index (χ0) is 21.0. The average molecular weight is 415 g/mol. The second kappa shape index (κ2) is 8.78. The number of hydrogen-bond donors (Lipinski definition) is 1. The summed E-state index contributed by atoms with van der Waals surface area (Å²) in [5.74, 6) is -0.955. The fraction of sp³-hybridized carbons (Fsp3) is 0.364. The zero-order valence-electron chi connectivity index (χ0n) is 16.7. The van der Waals surface area contributed by atoms with Crippen molar-refractivity contribution in [2.75, 3.05) is 6.54 Å². The highest BCUT2D eigenvalue weighted by Gasteiger charge is 2.44. The molecule has 1 aliphatic heterocycles.